The van der Waals surface area contributed by atoms with Gasteiger partial charge in [0, 0.05) is 17.7 Å². The number of carboxylic acid groups (broad SMARTS) is 1. The van der Waals surface area contributed by atoms with E-state index < -0.39 is 16.6 Å². The second kappa shape index (κ2) is 8.48. The second-order valence-electron chi connectivity index (χ2n) is 5.44. The van der Waals surface area contributed by atoms with E-state index in [1.165, 1.54) is 18.3 Å². The number of halogens is 3. The molecule has 0 saturated carbocycles. The molecule has 29 heavy (non-hydrogen) atoms. The largest absolute Gasteiger partial charge is 0.476 e. The zero-order valence-electron chi connectivity index (χ0n) is 14.1. The number of rotatable bonds is 6. The number of nitro benzene ring substituents is 1. The maximum absolute atomic E-state index is 11.2. The molecular weight excluding hydrogens is 447 g/mol. The van der Waals surface area contributed by atoms with Crippen molar-refractivity contribution in [3.05, 3.63) is 73.2 Å². The molecule has 0 atom stereocenters. The summed E-state index contributed by atoms with van der Waals surface area (Å²) in [6.07, 6.45) is 1.30. The zero-order chi connectivity index (χ0) is 21.1. The third-order valence-corrected chi connectivity index (χ3v) is 4.70. The highest BCUT2D eigenvalue weighted by atomic mass is 35.5. The highest BCUT2D eigenvalue weighted by Gasteiger charge is 2.20. The number of nitrogens with one attached hydrogen (secondary N) is 1. The number of aromatic nitrogens is 1. The number of hydrazone groups is 1. The molecule has 0 amide bonds. The van der Waals surface area contributed by atoms with Gasteiger partial charge in [-0.25, -0.2) is 9.78 Å². The average Bonchev–Trinajstić information content (AvgIpc) is 3.16. The van der Waals surface area contributed by atoms with Crippen LogP contribution in [0.4, 0.5) is 11.4 Å². The molecule has 0 aliphatic heterocycles. The molecule has 0 aliphatic rings. The molecule has 3 aromatic rings. The minimum absolute atomic E-state index is 0.0240. The Kier molecular flexibility index (Phi) is 6.02. The third kappa shape index (κ3) is 4.48. The number of furan rings is 1. The first-order valence-corrected chi connectivity index (χ1v) is 8.83. The number of carboxylic acids is 1. The summed E-state index contributed by atoms with van der Waals surface area (Å²) in [5.41, 5.74) is 2.63. The number of hydrogen-bond acceptors (Lipinski definition) is 7. The number of benzene rings is 1. The van der Waals surface area contributed by atoms with Gasteiger partial charge in [-0.3, -0.25) is 15.5 Å². The predicted octanol–water partition coefficient (Wildman–Crippen LogP) is 5.35. The van der Waals surface area contributed by atoms with E-state index in [2.05, 4.69) is 15.5 Å². The van der Waals surface area contributed by atoms with Gasteiger partial charge in [0.2, 0.25) is 0 Å². The molecule has 12 heteroatoms. The van der Waals surface area contributed by atoms with E-state index in [-0.39, 0.29) is 26.6 Å². The number of nitro groups is 1. The first-order chi connectivity index (χ1) is 13.8. The van der Waals surface area contributed by atoms with Crippen molar-refractivity contribution in [2.75, 3.05) is 5.43 Å². The monoisotopic (exact) mass is 454 g/mol. The van der Waals surface area contributed by atoms with Crippen molar-refractivity contribution in [1.82, 2.24) is 4.98 Å². The van der Waals surface area contributed by atoms with Crippen LogP contribution in [0.15, 0.2) is 45.9 Å². The van der Waals surface area contributed by atoms with E-state index in [4.69, 9.17) is 44.3 Å². The maximum Gasteiger partial charge on any atom is 0.356 e. The Bertz CT molecular complexity index is 1130. The minimum atomic E-state index is -1.38. The SMILES string of the molecule is O=C(O)c1nc(Cl)c(Cl)c(NN=Cc2ccc(-c3ccc([N+](=O)[O-])cc3)o2)c1Cl. The van der Waals surface area contributed by atoms with E-state index in [0.717, 1.165) is 0 Å². The van der Waals surface area contributed by atoms with Crippen molar-refractivity contribution in [3.63, 3.8) is 0 Å². The van der Waals surface area contributed by atoms with Gasteiger partial charge in [0.15, 0.2) is 10.8 Å². The van der Waals surface area contributed by atoms with Gasteiger partial charge in [-0.05, 0) is 24.3 Å². The van der Waals surface area contributed by atoms with Crippen LogP contribution < -0.4 is 5.43 Å². The van der Waals surface area contributed by atoms with Gasteiger partial charge in [-0.15, -0.1) is 0 Å². The second-order valence-corrected chi connectivity index (χ2v) is 6.55. The van der Waals surface area contributed by atoms with Crippen molar-refractivity contribution in [3.8, 4) is 11.3 Å². The lowest BCUT2D eigenvalue weighted by atomic mass is 10.1. The Balaban J connectivity index is 1.79. The van der Waals surface area contributed by atoms with Crippen LogP contribution in [0.25, 0.3) is 11.3 Å². The molecule has 2 N–H and O–H groups in total. The van der Waals surface area contributed by atoms with E-state index >= 15 is 0 Å². The number of hydrogen-bond donors (Lipinski definition) is 2. The zero-order valence-corrected chi connectivity index (χ0v) is 16.4. The molecule has 0 fully saturated rings. The fourth-order valence-electron chi connectivity index (χ4n) is 2.24. The number of nitrogens with zero attached hydrogens (tertiary/aromatic N) is 3. The topological polar surface area (TPSA) is 131 Å². The average molecular weight is 456 g/mol. The first kappa shape index (κ1) is 20.6. The van der Waals surface area contributed by atoms with Gasteiger partial charge in [0.05, 0.1) is 16.8 Å². The summed E-state index contributed by atoms with van der Waals surface area (Å²) in [7, 11) is 0. The van der Waals surface area contributed by atoms with Gasteiger partial charge in [0.25, 0.3) is 5.69 Å². The summed E-state index contributed by atoms with van der Waals surface area (Å²) in [4.78, 5) is 25.0. The molecule has 2 heterocycles. The smallest absolute Gasteiger partial charge is 0.356 e. The highest BCUT2D eigenvalue weighted by molar-refractivity contribution is 6.46. The molecular formula is C17H9Cl3N4O5. The standard InChI is InChI=1S/C17H9Cl3N4O5/c18-12-14(13(19)16(20)22-15(12)17(25)26)23-21-7-10-5-6-11(29-10)8-1-3-9(4-2-8)24(27)28/h1-7H,(H,22,23)(H,25,26). The fraction of sp³-hybridized carbons (Fsp3) is 0. The minimum Gasteiger partial charge on any atom is -0.476 e. The first-order valence-electron chi connectivity index (χ1n) is 7.69. The number of non-ortho nitro benzene ring substituents is 1. The van der Waals surface area contributed by atoms with Crippen LogP contribution in [0, 0.1) is 10.1 Å². The molecule has 148 valence electrons. The molecule has 2 aromatic heterocycles. The van der Waals surface area contributed by atoms with Crippen molar-refractivity contribution in [2.24, 2.45) is 5.10 Å². The molecule has 0 bridgehead atoms. The number of carbonyl (C=O) groups is 1. The highest BCUT2D eigenvalue weighted by Crippen LogP contribution is 2.36. The predicted molar refractivity (Wildman–Crippen MR) is 108 cm³/mol. The number of anilines is 1. The Hall–Kier alpha value is -3.14. The summed E-state index contributed by atoms with van der Waals surface area (Å²) in [5.74, 6) is -0.561. The summed E-state index contributed by atoms with van der Waals surface area (Å²) >= 11 is 17.8. The molecule has 0 saturated heterocycles. The molecule has 3 rings (SSSR count). The normalized spacial score (nSPS) is 11.0. The lowest BCUT2D eigenvalue weighted by Crippen LogP contribution is -2.05. The van der Waals surface area contributed by atoms with Gasteiger partial charge in [-0.2, -0.15) is 5.10 Å². The lowest BCUT2D eigenvalue weighted by molar-refractivity contribution is -0.384. The quantitative estimate of drug-likeness (QED) is 0.221. The van der Waals surface area contributed by atoms with E-state index in [1.807, 2.05) is 0 Å². The summed E-state index contributed by atoms with van der Waals surface area (Å²) < 4.78 is 5.60. The van der Waals surface area contributed by atoms with Gasteiger partial charge in [-0.1, -0.05) is 34.8 Å². The van der Waals surface area contributed by atoms with E-state index in [0.29, 0.717) is 17.1 Å². The van der Waals surface area contributed by atoms with Crippen molar-refractivity contribution < 1.29 is 19.2 Å². The van der Waals surface area contributed by atoms with E-state index in [9.17, 15) is 14.9 Å². The Morgan fingerprint density at radius 1 is 1.17 bits per heavy atom. The van der Waals surface area contributed by atoms with Crippen LogP contribution in [0.5, 0.6) is 0 Å². The Morgan fingerprint density at radius 2 is 1.86 bits per heavy atom. The van der Waals surface area contributed by atoms with Crippen molar-refractivity contribution in [2.45, 2.75) is 0 Å². The maximum atomic E-state index is 11.2. The van der Waals surface area contributed by atoms with Crippen LogP contribution in [0.1, 0.15) is 16.2 Å². The third-order valence-electron chi connectivity index (χ3n) is 3.60. The molecule has 0 aliphatic carbocycles. The van der Waals surface area contributed by atoms with Crippen LogP contribution in [0.3, 0.4) is 0 Å². The summed E-state index contributed by atoms with van der Waals surface area (Å²) in [6.45, 7) is 0. The van der Waals surface area contributed by atoms with Gasteiger partial charge >= 0.3 is 5.97 Å². The number of pyridine rings is 1. The molecule has 0 unspecified atom stereocenters. The van der Waals surface area contributed by atoms with Crippen LogP contribution in [-0.2, 0) is 0 Å². The van der Waals surface area contributed by atoms with Gasteiger partial charge < -0.3 is 9.52 Å². The van der Waals surface area contributed by atoms with E-state index in [1.54, 1.807) is 24.3 Å². The number of aromatic carboxylic acids is 1. The van der Waals surface area contributed by atoms with Crippen LogP contribution in [0.2, 0.25) is 15.2 Å². The van der Waals surface area contributed by atoms with Gasteiger partial charge in [0.1, 0.15) is 21.6 Å². The molecule has 0 spiro atoms. The fourth-order valence-corrected chi connectivity index (χ4v) is 2.91. The molecule has 1 aromatic carbocycles. The molecule has 9 nitrogen and oxygen atoms in total. The Labute approximate surface area is 177 Å². The van der Waals surface area contributed by atoms with Crippen LogP contribution >= 0.6 is 34.8 Å². The summed E-state index contributed by atoms with van der Waals surface area (Å²) in [5, 5.41) is 23.1. The summed E-state index contributed by atoms with van der Waals surface area (Å²) in [6, 6.07) is 9.13. The Morgan fingerprint density at radius 3 is 2.48 bits per heavy atom. The van der Waals surface area contributed by atoms with Crippen molar-refractivity contribution >= 4 is 58.4 Å². The lowest BCUT2D eigenvalue weighted by Gasteiger charge is -2.09. The van der Waals surface area contributed by atoms with Crippen molar-refractivity contribution in [1.29, 1.82) is 0 Å². The molecule has 0 radical (unpaired) electrons. The van der Waals surface area contributed by atoms with Crippen LogP contribution in [-0.4, -0.2) is 27.2 Å².